The van der Waals surface area contributed by atoms with Gasteiger partial charge in [0.15, 0.2) is 0 Å². The predicted octanol–water partition coefficient (Wildman–Crippen LogP) is -0.772. The van der Waals surface area contributed by atoms with Gasteiger partial charge in [-0.05, 0) is 0 Å². The van der Waals surface area contributed by atoms with Crippen LogP contribution in [-0.4, -0.2) is 16.2 Å². The second kappa shape index (κ2) is 20.2. The van der Waals surface area contributed by atoms with Gasteiger partial charge in [-0.15, -0.1) is 0 Å². The average Bonchev–Trinajstić information content (AvgIpc) is 1.00. The first-order valence-corrected chi connectivity index (χ1v) is 0.866. The van der Waals surface area contributed by atoms with Crippen molar-refractivity contribution >= 4 is 16.2 Å². The molecular weight excluding hydrogens is 184 g/mol. The first kappa shape index (κ1) is 16.7. The van der Waals surface area contributed by atoms with Gasteiger partial charge in [0, 0.05) is 50.1 Å². The molecule has 0 N–H and O–H groups in total. The van der Waals surface area contributed by atoms with E-state index in [-0.39, 0.29) is 50.1 Å². The summed E-state index contributed by atoms with van der Waals surface area (Å²) in [5.74, 6) is 0. The maximum Gasteiger partial charge on any atom is 0 e. The molecule has 0 saturated carbocycles. The third kappa shape index (κ3) is 9.02. The van der Waals surface area contributed by atoms with E-state index in [2.05, 4.69) is 0 Å². The van der Waals surface area contributed by atoms with E-state index in [1.165, 1.54) is 0 Å². The van der Waals surface area contributed by atoms with Crippen molar-refractivity contribution in [2.75, 3.05) is 0 Å². The quantitative estimate of drug-likeness (QED) is 0.452. The maximum atomic E-state index is 8.28. The van der Waals surface area contributed by atoms with E-state index in [1.807, 2.05) is 0 Å². The van der Waals surface area contributed by atoms with Crippen LogP contribution in [0.3, 0.4) is 0 Å². The molecule has 0 aromatic rings. The molecule has 0 saturated heterocycles. The molecule has 19 valence electrons. The van der Waals surface area contributed by atoms with E-state index in [0.29, 0.717) is 16.2 Å². The van der Waals surface area contributed by atoms with Gasteiger partial charge >= 0.3 is 20.0 Å². The Morgan fingerprint density at radius 3 is 1.25 bits per heavy atom. The molecule has 0 aliphatic rings. The van der Waals surface area contributed by atoms with Crippen molar-refractivity contribution in [3.05, 3.63) is 0 Å². The molecule has 0 bridgehead atoms. The van der Waals surface area contributed by atoms with Crippen LogP contribution in [0.4, 0.5) is 0 Å². The van der Waals surface area contributed by atoms with Crippen LogP contribution < -0.4 is 0 Å². The van der Waals surface area contributed by atoms with Crippen LogP contribution in [0.2, 0.25) is 0 Å². The summed E-state index contributed by atoms with van der Waals surface area (Å²) in [6.07, 6.45) is 0. The zero-order valence-electron chi connectivity index (χ0n) is 2.10. The van der Waals surface area contributed by atoms with Crippen LogP contribution in [0.1, 0.15) is 0 Å². The molecule has 0 unspecified atom stereocenters. The van der Waals surface area contributed by atoms with E-state index >= 15 is 0 Å². The third-order valence-corrected chi connectivity index (χ3v) is 0. The van der Waals surface area contributed by atoms with E-state index in [1.54, 1.807) is 0 Å². The predicted molar refractivity (Wildman–Crippen MR) is 7.84 cm³/mol. The molecule has 0 aromatic heterocycles. The van der Waals surface area contributed by atoms with Gasteiger partial charge in [-0.3, -0.25) is 0 Å². The molecule has 0 rings (SSSR count). The normalized spacial score (nSPS) is 0.750. The van der Waals surface area contributed by atoms with Crippen LogP contribution in [0, 0.1) is 0 Å². The van der Waals surface area contributed by atoms with Crippen LogP contribution in [0.25, 0.3) is 0 Å². The van der Waals surface area contributed by atoms with E-state index < -0.39 is 0 Å². The Bertz CT molecular complexity index is 8.00. The Balaban J connectivity index is -0.00000000500. The standard InChI is InChI=1S/Al.Cr.O.Y.H. The van der Waals surface area contributed by atoms with Crippen molar-refractivity contribution in [1.82, 2.24) is 0 Å². The van der Waals surface area contributed by atoms with Crippen molar-refractivity contribution < 1.29 is 53.9 Å². The van der Waals surface area contributed by atoms with Gasteiger partial charge in [0.25, 0.3) is 0 Å². The maximum absolute atomic E-state index is 8.28. The van der Waals surface area contributed by atoms with Gasteiger partial charge in [-0.2, -0.15) is 0 Å². The van der Waals surface area contributed by atoms with Gasteiger partial charge in [-0.1, -0.05) is 0 Å². The van der Waals surface area contributed by atoms with Crippen LogP contribution in [0.5, 0.6) is 0 Å². The molecular formula is HAlCrOY. The summed E-state index contributed by atoms with van der Waals surface area (Å²) in [7, 11) is 0. The van der Waals surface area contributed by atoms with Gasteiger partial charge in [-0.25, -0.2) is 0 Å². The average molecular weight is 185 g/mol. The largest absolute Gasteiger partial charge is 0 e. The molecule has 1 radical (unpaired) electrons. The summed E-state index contributed by atoms with van der Waals surface area (Å²) in [5.41, 5.74) is 0. The number of hydrogen-bond acceptors (Lipinski definition) is 1. The Kier molecular flexibility index (Phi) is 84.4. The van der Waals surface area contributed by atoms with E-state index in [4.69, 9.17) is 3.80 Å². The molecule has 4 heavy (non-hydrogen) atoms. The molecule has 1 nitrogen and oxygen atoms in total. The fourth-order valence-electron chi connectivity index (χ4n) is 0. The second-order valence-corrected chi connectivity index (χ2v) is 0. The van der Waals surface area contributed by atoms with E-state index in [9.17, 15) is 0 Å². The zero-order chi connectivity index (χ0) is 2.00. The molecule has 0 aliphatic carbocycles. The van der Waals surface area contributed by atoms with Gasteiger partial charge in [0.1, 0.15) is 0 Å². The minimum atomic E-state index is 0. The summed E-state index contributed by atoms with van der Waals surface area (Å²) in [5, 5.41) is 0. The summed E-state index contributed by atoms with van der Waals surface area (Å²) in [6, 6.07) is 0. The molecule has 0 heterocycles. The fraction of sp³-hybridized carbons (Fsp3) is 0. The molecule has 0 amide bonds. The van der Waals surface area contributed by atoms with Crippen molar-refractivity contribution in [2.24, 2.45) is 0 Å². The van der Waals surface area contributed by atoms with Crippen LogP contribution >= 0.6 is 0 Å². The molecule has 0 aliphatic heterocycles. The smallest absolute Gasteiger partial charge is 0 e. The molecule has 0 aromatic carbocycles. The van der Waals surface area contributed by atoms with Gasteiger partial charge in [0.2, 0.25) is 0 Å². The fourth-order valence-corrected chi connectivity index (χ4v) is 0. The first-order chi connectivity index (χ1) is 1.00. The molecule has 0 spiro atoms. The summed E-state index contributed by atoms with van der Waals surface area (Å²) < 4.78 is 8.28. The summed E-state index contributed by atoms with van der Waals surface area (Å²) in [4.78, 5) is 0. The molecule has 0 fully saturated rings. The minimum Gasteiger partial charge on any atom is 0 e. The van der Waals surface area contributed by atoms with Crippen molar-refractivity contribution in [3.8, 4) is 0 Å². The van der Waals surface area contributed by atoms with Crippen LogP contribution in [0.15, 0.2) is 0 Å². The SMILES string of the molecule is [Cr].[O]=[AlH].[Y]. The summed E-state index contributed by atoms with van der Waals surface area (Å²) in [6.45, 7) is 0. The van der Waals surface area contributed by atoms with E-state index in [0.717, 1.165) is 0 Å². The third-order valence-electron chi connectivity index (χ3n) is 0. The van der Waals surface area contributed by atoms with Crippen molar-refractivity contribution in [1.29, 1.82) is 0 Å². The van der Waals surface area contributed by atoms with Crippen molar-refractivity contribution in [3.63, 3.8) is 0 Å². The monoisotopic (exact) mass is 185 g/mol. The Morgan fingerprint density at radius 2 is 1.25 bits per heavy atom. The number of rotatable bonds is 0. The molecule has 0 atom stereocenters. The summed E-state index contributed by atoms with van der Waals surface area (Å²) >= 11 is 0.611. The Hall–Kier alpha value is 1.97. The first-order valence-electron chi connectivity index (χ1n) is 0.289. The van der Waals surface area contributed by atoms with Gasteiger partial charge in [0.05, 0.1) is 0 Å². The minimum absolute atomic E-state index is 0. The van der Waals surface area contributed by atoms with Crippen molar-refractivity contribution in [2.45, 2.75) is 0 Å². The second-order valence-electron chi connectivity index (χ2n) is 0. The number of hydrogen-bond donors (Lipinski definition) is 0. The van der Waals surface area contributed by atoms with Gasteiger partial charge < -0.3 is 0 Å². The zero-order valence-corrected chi connectivity index (χ0v) is 7.63. The molecule has 4 heteroatoms. The topological polar surface area (TPSA) is 17.1 Å². The Labute approximate surface area is 69.2 Å². The van der Waals surface area contributed by atoms with Crippen LogP contribution in [-0.2, 0) is 53.9 Å². The Morgan fingerprint density at radius 1 is 1.25 bits per heavy atom.